The van der Waals surface area contributed by atoms with Gasteiger partial charge in [0.15, 0.2) is 0 Å². The minimum Gasteiger partial charge on any atom is -0.379 e. The zero-order valence-electron chi connectivity index (χ0n) is 13.8. The van der Waals surface area contributed by atoms with E-state index >= 15 is 0 Å². The van der Waals surface area contributed by atoms with Crippen LogP contribution in [0.2, 0.25) is 5.02 Å². The molecule has 1 fully saturated rings. The lowest BCUT2D eigenvalue weighted by Gasteiger charge is -2.26. The van der Waals surface area contributed by atoms with Gasteiger partial charge < -0.3 is 10.1 Å². The second kappa shape index (κ2) is 8.29. The molecule has 1 aliphatic heterocycles. The number of hydrogen-bond donors (Lipinski definition) is 1. The summed E-state index contributed by atoms with van der Waals surface area (Å²) in [6, 6.07) is 14.7. The topological polar surface area (TPSA) is 58.6 Å². The van der Waals surface area contributed by atoms with E-state index in [2.05, 4.69) is 5.32 Å². The summed E-state index contributed by atoms with van der Waals surface area (Å²) >= 11 is 5.97. The van der Waals surface area contributed by atoms with E-state index < -0.39 is 10.0 Å². The molecule has 3 rings (SSSR count). The fourth-order valence-corrected chi connectivity index (χ4v) is 4.33. The van der Waals surface area contributed by atoms with Crippen molar-refractivity contribution in [1.29, 1.82) is 0 Å². The summed E-state index contributed by atoms with van der Waals surface area (Å²) in [7, 11) is -3.43. The molecule has 25 heavy (non-hydrogen) atoms. The van der Waals surface area contributed by atoms with E-state index in [9.17, 15) is 8.42 Å². The first-order valence-corrected chi connectivity index (χ1v) is 9.99. The van der Waals surface area contributed by atoms with Gasteiger partial charge in [-0.25, -0.2) is 8.42 Å². The molecule has 1 saturated heterocycles. The van der Waals surface area contributed by atoms with Crippen molar-refractivity contribution in [2.45, 2.75) is 18.0 Å². The smallest absolute Gasteiger partial charge is 0.243 e. The predicted molar refractivity (Wildman–Crippen MR) is 98.0 cm³/mol. The predicted octanol–water partition coefficient (Wildman–Crippen LogP) is 2.65. The molecule has 1 aliphatic rings. The average Bonchev–Trinajstić information content (AvgIpc) is 2.63. The largest absolute Gasteiger partial charge is 0.379 e. The van der Waals surface area contributed by atoms with E-state index in [-0.39, 0.29) is 0 Å². The lowest BCUT2D eigenvalue weighted by Crippen LogP contribution is -2.40. The van der Waals surface area contributed by atoms with Gasteiger partial charge in [-0.2, -0.15) is 4.31 Å². The van der Waals surface area contributed by atoms with Crippen molar-refractivity contribution < 1.29 is 13.2 Å². The summed E-state index contributed by atoms with van der Waals surface area (Å²) in [5.74, 6) is 0. The Kier molecular flexibility index (Phi) is 6.09. The first-order valence-electron chi connectivity index (χ1n) is 8.18. The van der Waals surface area contributed by atoms with Gasteiger partial charge in [0.2, 0.25) is 10.0 Å². The van der Waals surface area contributed by atoms with Crippen LogP contribution in [-0.2, 0) is 27.8 Å². The second-order valence-corrected chi connectivity index (χ2v) is 8.27. The van der Waals surface area contributed by atoms with Gasteiger partial charge in [-0.1, -0.05) is 35.9 Å². The molecule has 2 aromatic rings. The number of nitrogens with zero attached hydrogens (tertiary/aromatic N) is 1. The summed E-state index contributed by atoms with van der Waals surface area (Å²) in [5.41, 5.74) is 2.14. The molecule has 134 valence electrons. The van der Waals surface area contributed by atoms with Crippen molar-refractivity contribution in [3.63, 3.8) is 0 Å². The molecule has 0 unspecified atom stereocenters. The Labute approximate surface area is 153 Å². The van der Waals surface area contributed by atoms with Gasteiger partial charge in [-0.05, 0) is 35.4 Å². The molecule has 0 atom stereocenters. The molecule has 1 N–H and O–H groups in total. The van der Waals surface area contributed by atoms with E-state index in [1.807, 2.05) is 36.4 Å². The molecule has 7 heteroatoms. The summed E-state index contributed by atoms with van der Waals surface area (Å²) in [6.07, 6.45) is 0. The fourth-order valence-electron chi connectivity index (χ4n) is 2.71. The molecule has 0 spiro atoms. The van der Waals surface area contributed by atoms with Crippen molar-refractivity contribution >= 4 is 21.6 Å². The van der Waals surface area contributed by atoms with E-state index in [4.69, 9.17) is 16.3 Å². The van der Waals surface area contributed by atoms with Gasteiger partial charge in [0.05, 0.1) is 18.1 Å². The number of hydrogen-bond acceptors (Lipinski definition) is 4. The Morgan fingerprint density at radius 1 is 1.00 bits per heavy atom. The van der Waals surface area contributed by atoms with Crippen molar-refractivity contribution in [3.05, 3.63) is 64.7 Å². The lowest BCUT2D eigenvalue weighted by molar-refractivity contribution is 0.0730. The van der Waals surface area contributed by atoms with E-state index in [1.165, 1.54) is 4.31 Å². The zero-order valence-corrected chi connectivity index (χ0v) is 15.4. The molecule has 0 saturated carbocycles. The number of ether oxygens (including phenoxy) is 1. The molecule has 1 heterocycles. The van der Waals surface area contributed by atoms with Crippen LogP contribution in [0.5, 0.6) is 0 Å². The van der Waals surface area contributed by atoms with Crippen LogP contribution in [0.1, 0.15) is 11.1 Å². The maximum absolute atomic E-state index is 12.6. The highest BCUT2D eigenvalue weighted by Gasteiger charge is 2.25. The molecule has 0 aromatic heterocycles. The van der Waals surface area contributed by atoms with Gasteiger partial charge >= 0.3 is 0 Å². The van der Waals surface area contributed by atoms with Crippen LogP contribution in [-0.4, -0.2) is 39.0 Å². The monoisotopic (exact) mass is 380 g/mol. The maximum Gasteiger partial charge on any atom is 0.243 e. The highest BCUT2D eigenvalue weighted by molar-refractivity contribution is 7.89. The molecular weight excluding hydrogens is 360 g/mol. The Hall–Kier alpha value is -1.44. The Bertz CT molecular complexity index is 803. The summed E-state index contributed by atoms with van der Waals surface area (Å²) in [4.78, 5) is 0.327. The third kappa shape index (κ3) is 4.80. The zero-order chi connectivity index (χ0) is 17.7. The van der Waals surface area contributed by atoms with E-state index in [1.54, 1.807) is 12.1 Å². The van der Waals surface area contributed by atoms with Crippen LogP contribution in [0.25, 0.3) is 0 Å². The number of sulfonamides is 1. The normalized spacial score (nSPS) is 16.0. The molecule has 0 aliphatic carbocycles. The number of halogens is 1. The van der Waals surface area contributed by atoms with Crippen molar-refractivity contribution in [1.82, 2.24) is 9.62 Å². The fraction of sp³-hybridized carbons (Fsp3) is 0.333. The third-order valence-corrected chi connectivity index (χ3v) is 6.23. The highest BCUT2D eigenvalue weighted by Crippen LogP contribution is 2.18. The minimum absolute atomic E-state index is 0.327. The van der Waals surface area contributed by atoms with Crippen molar-refractivity contribution in [2.24, 2.45) is 0 Å². The highest BCUT2D eigenvalue weighted by atomic mass is 35.5. The van der Waals surface area contributed by atoms with Crippen LogP contribution in [0.4, 0.5) is 0 Å². The number of benzene rings is 2. The minimum atomic E-state index is -3.43. The van der Waals surface area contributed by atoms with Crippen LogP contribution >= 0.6 is 11.6 Å². The van der Waals surface area contributed by atoms with Crippen molar-refractivity contribution in [2.75, 3.05) is 26.3 Å². The second-order valence-electron chi connectivity index (χ2n) is 5.89. The van der Waals surface area contributed by atoms with E-state index in [0.29, 0.717) is 44.3 Å². The first kappa shape index (κ1) is 18.4. The molecule has 0 amide bonds. The molecule has 5 nitrogen and oxygen atoms in total. The maximum atomic E-state index is 12.6. The lowest BCUT2D eigenvalue weighted by atomic mass is 10.2. The van der Waals surface area contributed by atoms with Gasteiger partial charge in [-0.3, -0.25) is 0 Å². The molecule has 2 aromatic carbocycles. The van der Waals surface area contributed by atoms with E-state index in [0.717, 1.165) is 16.1 Å². The van der Waals surface area contributed by atoms with Crippen LogP contribution in [0.15, 0.2) is 53.4 Å². The number of morpholine rings is 1. The Balaban J connectivity index is 1.58. The molecule has 0 bridgehead atoms. The first-order chi connectivity index (χ1) is 12.1. The summed E-state index contributed by atoms with van der Waals surface area (Å²) < 4.78 is 31.8. The van der Waals surface area contributed by atoms with Gasteiger partial charge in [0.1, 0.15) is 0 Å². The average molecular weight is 381 g/mol. The van der Waals surface area contributed by atoms with Gasteiger partial charge in [-0.15, -0.1) is 0 Å². The summed E-state index contributed by atoms with van der Waals surface area (Å²) in [6.45, 7) is 3.07. The van der Waals surface area contributed by atoms with Crippen LogP contribution < -0.4 is 5.32 Å². The van der Waals surface area contributed by atoms with Gasteiger partial charge in [0, 0.05) is 31.2 Å². The summed E-state index contributed by atoms with van der Waals surface area (Å²) in [5, 5.41) is 4.05. The third-order valence-electron chi connectivity index (χ3n) is 4.08. The number of rotatable bonds is 6. The number of nitrogens with one attached hydrogen (secondary N) is 1. The SMILES string of the molecule is O=S(=O)(c1ccc(CNCc2cccc(Cl)c2)cc1)N1CCOCC1. The van der Waals surface area contributed by atoms with Crippen molar-refractivity contribution in [3.8, 4) is 0 Å². The van der Waals surface area contributed by atoms with Gasteiger partial charge in [0.25, 0.3) is 0 Å². The molecular formula is C18H21ClN2O3S. The van der Waals surface area contributed by atoms with Crippen LogP contribution in [0.3, 0.4) is 0 Å². The molecule has 0 radical (unpaired) electrons. The quantitative estimate of drug-likeness (QED) is 0.837. The Morgan fingerprint density at radius 2 is 1.68 bits per heavy atom. The van der Waals surface area contributed by atoms with Crippen LogP contribution in [0, 0.1) is 0 Å². The standard InChI is InChI=1S/C18H21ClN2O3S/c19-17-3-1-2-16(12-17)14-20-13-15-4-6-18(7-5-15)25(22,23)21-8-10-24-11-9-21/h1-7,12,20H,8-11,13-14H2. The Morgan fingerprint density at radius 3 is 2.36 bits per heavy atom.